The zero-order valence-corrected chi connectivity index (χ0v) is 20.8. The van der Waals surface area contributed by atoms with Crippen molar-refractivity contribution in [3.63, 3.8) is 0 Å². The monoisotopic (exact) mass is 522 g/mol. The average molecular weight is 523 g/mol. The minimum atomic E-state index is -0.423. The predicted octanol–water partition coefficient (Wildman–Crippen LogP) is 7.64. The van der Waals surface area contributed by atoms with Gasteiger partial charge in [0, 0.05) is 20.9 Å². The van der Waals surface area contributed by atoms with Crippen molar-refractivity contribution in [2.45, 2.75) is 9.79 Å². The number of phenolic OH excluding ortho intramolecular Hbond substituents is 1. The molecule has 2 aliphatic carbocycles. The van der Waals surface area contributed by atoms with Crippen molar-refractivity contribution in [1.82, 2.24) is 0 Å². The Morgan fingerprint density at radius 2 is 1.03 bits per heavy atom. The van der Waals surface area contributed by atoms with E-state index in [2.05, 4.69) is 0 Å². The van der Waals surface area contributed by atoms with Gasteiger partial charge in [-0.2, -0.15) is 0 Å². The highest BCUT2D eigenvalue weighted by Gasteiger charge is 2.20. The molecule has 0 amide bonds. The van der Waals surface area contributed by atoms with Crippen molar-refractivity contribution < 1.29 is 13.9 Å². The van der Waals surface area contributed by atoms with Gasteiger partial charge in [-0.05, 0) is 47.5 Å². The van der Waals surface area contributed by atoms with Gasteiger partial charge >= 0.3 is 11.3 Å². The molecule has 7 heteroatoms. The van der Waals surface area contributed by atoms with Crippen molar-refractivity contribution >= 4 is 21.6 Å². The lowest BCUT2D eigenvalue weighted by molar-refractivity contribution is 0.475. The van der Waals surface area contributed by atoms with E-state index in [9.17, 15) is 14.7 Å². The first-order valence-electron chi connectivity index (χ1n) is 11.4. The van der Waals surface area contributed by atoms with E-state index in [0.717, 1.165) is 20.9 Å². The summed E-state index contributed by atoms with van der Waals surface area (Å²) in [7, 11) is 3.02. The summed E-state index contributed by atoms with van der Waals surface area (Å²) in [5.41, 5.74) is 3.22. The third-order valence-corrected chi connectivity index (χ3v) is 8.31. The fraction of sp³-hybridized carbons (Fsp3) is 0. The summed E-state index contributed by atoms with van der Waals surface area (Å²) >= 11 is 0. The maximum Gasteiger partial charge on any atom is 0.344 e. The smallest absolute Gasteiger partial charge is 0.344 e. The Morgan fingerprint density at radius 3 is 1.54 bits per heavy atom. The molecule has 2 heterocycles. The van der Waals surface area contributed by atoms with Crippen molar-refractivity contribution in [1.29, 1.82) is 0 Å². The van der Waals surface area contributed by atoms with Crippen LogP contribution in [-0.4, -0.2) is 5.11 Å². The van der Waals surface area contributed by atoms with E-state index in [0.29, 0.717) is 33.8 Å². The highest BCUT2D eigenvalue weighted by atomic mass is 33.1. The molecule has 4 aliphatic rings. The molecular weight excluding hydrogens is 504 g/mol. The lowest BCUT2D eigenvalue weighted by atomic mass is 10.0. The maximum absolute atomic E-state index is 12.6. The number of hydrogen-bond acceptors (Lipinski definition) is 7. The molecule has 2 aromatic rings. The SMILES string of the molecule is O=c1oc2cc(SSc3cccc4c(-c5ccc(O)cc5)c(=O)oc-4c3)cccc-2c1-c1ccccc1. The van der Waals surface area contributed by atoms with Crippen molar-refractivity contribution in [3.8, 4) is 50.7 Å². The van der Waals surface area contributed by atoms with E-state index in [-0.39, 0.29) is 11.4 Å². The van der Waals surface area contributed by atoms with Crippen molar-refractivity contribution in [2.75, 3.05) is 0 Å². The third kappa shape index (κ3) is 4.55. The molecular formula is C30H18O5S2. The van der Waals surface area contributed by atoms with Gasteiger partial charge in [-0.3, -0.25) is 0 Å². The van der Waals surface area contributed by atoms with Crippen LogP contribution in [0.3, 0.4) is 0 Å². The predicted molar refractivity (Wildman–Crippen MR) is 147 cm³/mol. The minimum absolute atomic E-state index is 0.133. The third-order valence-electron chi connectivity index (χ3n) is 5.93. The molecule has 1 N–H and O–H groups in total. The Morgan fingerprint density at radius 1 is 0.541 bits per heavy atom. The van der Waals surface area contributed by atoms with Gasteiger partial charge in [-0.1, -0.05) is 88.3 Å². The summed E-state index contributed by atoms with van der Waals surface area (Å²) < 4.78 is 11.2. The van der Waals surface area contributed by atoms with Crippen LogP contribution in [0.25, 0.3) is 44.9 Å². The van der Waals surface area contributed by atoms with E-state index in [1.165, 1.54) is 21.6 Å². The number of aromatic hydroxyl groups is 1. The van der Waals surface area contributed by atoms with E-state index >= 15 is 0 Å². The maximum atomic E-state index is 12.6. The lowest BCUT2D eigenvalue weighted by Crippen LogP contribution is -1.95. The molecule has 0 saturated carbocycles. The first-order chi connectivity index (χ1) is 18.1. The zero-order chi connectivity index (χ0) is 25.4. The largest absolute Gasteiger partial charge is 0.508 e. The molecule has 0 bridgehead atoms. The molecule has 6 rings (SSSR count). The van der Waals surface area contributed by atoms with Gasteiger partial charge in [0.05, 0.1) is 11.1 Å². The number of hydrogen-bond donors (Lipinski definition) is 1. The van der Waals surface area contributed by atoms with Gasteiger partial charge in [0.1, 0.15) is 17.3 Å². The van der Waals surface area contributed by atoms with E-state index in [1.807, 2.05) is 78.9 Å². The number of rotatable bonds is 5. The van der Waals surface area contributed by atoms with E-state index in [4.69, 9.17) is 8.83 Å². The van der Waals surface area contributed by atoms with Crippen molar-refractivity contribution in [3.05, 3.63) is 124 Å². The molecule has 5 nitrogen and oxygen atoms in total. The first-order valence-corrected chi connectivity index (χ1v) is 13.5. The fourth-order valence-corrected chi connectivity index (χ4v) is 6.21. The van der Waals surface area contributed by atoms with Crippen LogP contribution < -0.4 is 11.3 Å². The van der Waals surface area contributed by atoms with Gasteiger partial charge in [-0.15, -0.1) is 0 Å². The molecule has 2 aliphatic heterocycles. The highest BCUT2D eigenvalue weighted by Crippen LogP contribution is 2.42. The zero-order valence-electron chi connectivity index (χ0n) is 19.2. The van der Waals surface area contributed by atoms with Crippen molar-refractivity contribution in [2.24, 2.45) is 0 Å². The van der Waals surface area contributed by atoms with Gasteiger partial charge in [-0.25, -0.2) is 9.59 Å². The van der Waals surface area contributed by atoms with Crippen LogP contribution in [0, 0.1) is 0 Å². The van der Waals surface area contributed by atoms with Gasteiger partial charge in [0.15, 0.2) is 0 Å². The van der Waals surface area contributed by atoms with E-state index < -0.39 is 5.63 Å². The standard InChI is InChI=1S/C30H18O5S2/c31-20-14-12-19(13-15-20)28-24-11-5-9-22(17-26(24)35-30(28)33)37-36-21-8-4-10-23-25(16-21)34-29(32)27(23)18-6-2-1-3-7-18/h1-17,31H. The quantitative estimate of drug-likeness (QED) is 0.233. The Balaban J connectivity index is 1.27. The molecule has 180 valence electrons. The van der Waals surface area contributed by atoms with E-state index in [1.54, 1.807) is 24.3 Å². The average Bonchev–Trinajstić information content (AvgIpc) is 3.18. The summed E-state index contributed by atoms with van der Waals surface area (Å²) in [6.45, 7) is 0. The number of fused-ring (bicyclic) bond motifs is 2. The van der Waals surface area contributed by atoms with Crippen LogP contribution in [0.2, 0.25) is 0 Å². The molecule has 0 radical (unpaired) electrons. The van der Waals surface area contributed by atoms with Gasteiger partial charge < -0.3 is 13.9 Å². The van der Waals surface area contributed by atoms with Crippen LogP contribution in [0.4, 0.5) is 0 Å². The molecule has 0 spiro atoms. The topological polar surface area (TPSA) is 80.6 Å². The minimum Gasteiger partial charge on any atom is -0.508 e. The number of phenols is 1. The summed E-state index contributed by atoms with van der Waals surface area (Å²) in [6, 6.07) is 31.2. The molecule has 0 atom stereocenters. The molecule has 0 saturated heterocycles. The molecule has 0 fully saturated rings. The Kier molecular flexibility index (Phi) is 6.08. The summed E-state index contributed by atoms with van der Waals surface area (Å²) in [5, 5.41) is 9.58. The Bertz CT molecular complexity index is 1770. The number of benzene rings is 2. The van der Waals surface area contributed by atoms with Crippen LogP contribution in [-0.2, 0) is 0 Å². The second-order valence-electron chi connectivity index (χ2n) is 8.31. The highest BCUT2D eigenvalue weighted by molar-refractivity contribution is 8.76. The second-order valence-corrected chi connectivity index (χ2v) is 10.6. The summed E-state index contributed by atoms with van der Waals surface area (Å²) in [5.74, 6) is 1.14. The first kappa shape index (κ1) is 23.2. The molecule has 0 aromatic heterocycles. The van der Waals surface area contributed by atoms with Crippen LogP contribution in [0.5, 0.6) is 5.75 Å². The Labute approximate surface area is 219 Å². The summed E-state index contributed by atoms with van der Waals surface area (Å²) in [6.07, 6.45) is 0. The van der Waals surface area contributed by atoms with Crippen LogP contribution in [0.1, 0.15) is 0 Å². The molecule has 2 aromatic carbocycles. The van der Waals surface area contributed by atoms with Crippen LogP contribution >= 0.6 is 21.6 Å². The van der Waals surface area contributed by atoms with Crippen LogP contribution in [0.15, 0.2) is 131 Å². The number of furan rings is 2. The molecule has 37 heavy (non-hydrogen) atoms. The Hall–Kier alpha value is -4.20. The normalized spacial score (nSPS) is 11.2. The fourth-order valence-electron chi connectivity index (χ4n) is 4.24. The van der Waals surface area contributed by atoms with Gasteiger partial charge in [0.25, 0.3) is 0 Å². The second kappa shape index (κ2) is 9.69. The van der Waals surface area contributed by atoms with Gasteiger partial charge in [0.2, 0.25) is 0 Å². The summed E-state index contributed by atoms with van der Waals surface area (Å²) in [4.78, 5) is 27.0. The molecule has 0 unspecified atom stereocenters. The lowest BCUT2D eigenvalue weighted by Gasteiger charge is -2.00.